The summed E-state index contributed by atoms with van der Waals surface area (Å²) in [6.07, 6.45) is 3.37. The number of aldehydes is 1. The van der Waals surface area contributed by atoms with Crippen LogP contribution in [0.2, 0.25) is 0 Å². The third-order valence-electron chi connectivity index (χ3n) is 2.76. The van der Waals surface area contributed by atoms with E-state index in [2.05, 4.69) is 5.32 Å². The molecular formula is C12H12N2O3. The van der Waals surface area contributed by atoms with Crippen molar-refractivity contribution in [3.63, 3.8) is 0 Å². The minimum atomic E-state index is -0.410. The summed E-state index contributed by atoms with van der Waals surface area (Å²) in [6.45, 7) is 1.51. The summed E-state index contributed by atoms with van der Waals surface area (Å²) in [4.78, 5) is 21.2. The molecule has 0 atom stereocenters. The van der Waals surface area contributed by atoms with Crippen molar-refractivity contribution in [3.05, 3.63) is 45.5 Å². The Hall–Kier alpha value is -2.01. The van der Waals surface area contributed by atoms with Crippen molar-refractivity contribution in [2.75, 3.05) is 13.1 Å². The van der Waals surface area contributed by atoms with Gasteiger partial charge < -0.3 is 5.32 Å². The van der Waals surface area contributed by atoms with Crippen LogP contribution in [0.25, 0.3) is 5.57 Å². The SMILES string of the molecule is O=Cc1ccc([N+](=O)[O-])c(C2=CCNCC2)c1. The number of nitrogens with zero attached hydrogens (tertiary/aromatic N) is 1. The molecule has 5 heteroatoms. The van der Waals surface area contributed by atoms with Crippen LogP contribution in [0.3, 0.4) is 0 Å². The average Bonchev–Trinajstić information content (AvgIpc) is 2.39. The lowest BCUT2D eigenvalue weighted by Gasteiger charge is -2.14. The maximum absolute atomic E-state index is 10.9. The van der Waals surface area contributed by atoms with E-state index in [9.17, 15) is 14.9 Å². The van der Waals surface area contributed by atoms with E-state index in [4.69, 9.17) is 0 Å². The summed E-state index contributed by atoms with van der Waals surface area (Å²) in [6, 6.07) is 4.44. The summed E-state index contributed by atoms with van der Waals surface area (Å²) in [5.41, 5.74) is 2.01. The molecular weight excluding hydrogens is 220 g/mol. The molecule has 2 rings (SSSR count). The highest BCUT2D eigenvalue weighted by molar-refractivity contribution is 5.82. The van der Waals surface area contributed by atoms with E-state index in [0.717, 1.165) is 18.5 Å². The molecule has 0 saturated heterocycles. The molecule has 0 spiro atoms. The maximum atomic E-state index is 10.9. The van der Waals surface area contributed by atoms with Crippen LogP contribution in [0.4, 0.5) is 5.69 Å². The van der Waals surface area contributed by atoms with Crippen molar-refractivity contribution >= 4 is 17.5 Å². The van der Waals surface area contributed by atoms with Gasteiger partial charge in [-0.15, -0.1) is 0 Å². The average molecular weight is 232 g/mol. The van der Waals surface area contributed by atoms with Crippen molar-refractivity contribution in [3.8, 4) is 0 Å². The number of hydrogen-bond acceptors (Lipinski definition) is 4. The number of benzene rings is 1. The van der Waals surface area contributed by atoms with Crippen LogP contribution in [0.15, 0.2) is 24.3 Å². The topological polar surface area (TPSA) is 72.2 Å². The van der Waals surface area contributed by atoms with Gasteiger partial charge in [0, 0.05) is 18.2 Å². The Kier molecular flexibility index (Phi) is 3.30. The normalized spacial score (nSPS) is 15.2. The lowest BCUT2D eigenvalue weighted by molar-refractivity contribution is -0.385. The second-order valence-corrected chi connectivity index (χ2v) is 3.84. The second-order valence-electron chi connectivity index (χ2n) is 3.84. The number of nitro benzene ring substituents is 1. The van der Waals surface area contributed by atoms with E-state index in [1.807, 2.05) is 6.08 Å². The zero-order chi connectivity index (χ0) is 12.3. The van der Waals surface area contributed by atoms with Crippen molar-refractivity contribution in [2.45, 2.75) is 6.42 Å². The highest BCUT2D eigenvalue weighted by Gasteiger charge is 2.18. The maximum Gasteiger partial charge on any atom is 0.276 e. The smallest absolute Gasteiger partial charge is 0.276 e. The Balaban J connectivity index is 2.51. The number of nitrogens with one attached hydrogen (secondary N) is 1. The Bertz CT molecular complexity index is 495. The summed E-state index contributed by atoms with van der Waals surface area (Å²) in [5, 5.41) is 14.1. The van der Waals surface area contributed by atoms with Crippen LogP contribution in [0.1, 0.15) is 22.3 Å². The van der Waals surface area contributed by atoms with E-state index in [-0.39, 0.29) is 5.69 Å². The predicted octanol–water partition coefficient (Wildman–Crippen LogP) is 1.78. The molecule has 0 saturated carbocycles. The van der Waals surface area contributed by atoms with E-state index >= 15 is 0 Å². The molecule has 17 heavy (non-hydrogen) atoms. The van der Waals surface area contributed by atoms with Gasteiger partial charge >= 0.3 is 0 Å². The fourth-order valence-corrected chi connectivity index (χ4v) is 1.91. The quantitative estimate of drug-likeness (QED) is 0.490. The zero-order valence-electron chi connectivity index (χ0n) is 9.18. The summed E-state index contributed by atoms with van der Waals surface area (Å²) < 4.78 is 0. The van der Waals surface area contributed by atoms with Crippen molar-refractivity contribution < 1.29 is 9.72 Å². The third-order valence-corrected chi connectivity index (χ3v) is 2.76. The largest absolute Gasteiger partial charge is 0.313 e. The molecule has 0 amide bonds. The van der Waals surface area contributed by atoms with Crippen molar-refractivity contribution in [2.24, 2.45) is 0 Å². The van der Waals surface area contributed by atoms with Crippen LogP contribution in [-0.4, -0.2) is 24.3 Å². The van der Waals surface area contributed by atoms with Crippen LogP contribution in [0, 0.1) is 10.1 Å². The van der Waals surface area contributed by atoms with E-state index in [1.165, 1.54) is 12.1 Å². The molecule has 0 bridgehead atoms. The number of rotatable bonds is 3. The molecule has 1 aromatic rings. The fraction of sp³-hybridized carbons (Fsp3) is 0.250. The molecule has 0 aromatic heterocycles. The second kappa shape index (κ2) is 4.88. The monoisotopic (exact) mass is 232 g/mol. The molecule has 1 aliphatic rings. The van der Waals surface area contributed by atoms with Gasteiger partial charge in [0.1, 0.15) is 6.29 Å². The first kappa shape index (κ1) is 11.5. The zero-order valence-corrected chi connectivity index (χ0v) is 9.18. The lowest BCUT2D eigenvalue weighted by Crippen LogP contribution is -2.20. The number of hydrogen-bond donors (Lipinski definition) is 1. The first-order valence-electron chi connectivity index (χ1n) is 5.36. The van der Waals surface area contributed by atoms with Gasteiger partial charge in [-0.05, 0) is 30.7 Å². The van der Waals surface area contributed by atoms with Crippen molar-refractivity contribution in [1.82, 2.24) is 5.32 Å². The highest BCUT2D eigenvalue weighted by atomic mass is 16.6. The Labute approximate surface area is 98.3 Å². The Morgan fingerprint density at radius 2 is 2.24 bits per heavy atom. The minimum Gasteiger partial charge on any atom is -0.313 e. The molecule has 0 fully saturated rings. The van der Waals surface area contributed by atoms with Crippen LogP contribution in [0.5, 0.6) is 0 Å². The summed E-state index contributed by atoms with van der Waals surface area (Å²) in [5.74, 6) is 0. The van der Waals surface area contributed by atoms with Gasteiger partial charge in [-0.3, -0.25) is 14.9 Å². The van der Waals surface area contributed by atoms with Gasteiger partial charge in [-0.25, -0.2) is 0 Å². The van der Waals surface area contributed by atoms with E-state index in [1.54, 1.807) is 6.07 Å². The van der Waals surface area contributed by atoms with Crippen molar-refractivity contribution in [1.29, 1.82) is 0 Å². The van der Waals surface area contributed by atoms with Gasteiger partial charge in [0.2, 0.25) is 0 Å². The van der Waals surface area contributed by atoms with E-state index < -0.39 is 4.92 Å². The van der Waals surface area contributed by atoms with Gasteiger partial charge in [0.05, 0.1) is 10.5 Å². The standard InChI is InChI=1S/C12H12N2O3/c15-8-9-1-2-12(14(16)17)11(7-9)10-3-5-13-6-4-10/h1-3,7-8,13H,4-6H2. The van der Waals surface area contributed by atoms with Crippen LogP contribution < -0.4 is 5.32 Å². The first-order valence-corrected chi connectivity index (χ1v) is 5.36. The summed E-state index contributed by atoms with van der Waals surface area (Å²) >= 11 is 0. The molecule has 1 aliphatic heterocycles. The molecule has 0 aliphatic carbocycles. The molecule has 5 nitrogen and oxygen atoms in total. The van der Waals surface area contributed by atoms with Gasteiger partial charge in [0.15, 0.2) is 0 Å². The molecule has 1 heterocycles. The van der Waals surface area contributed by atoms with Gasteiger partial charge in [-0.1, -0.05) is 6.08 Å². The molecule has 0 radical (unpaired) electrons. The van der Waals surface area contributed by atoms with Crippen LogP contribution in [-0.2, 0) is 0 Å². The van der Waals surface area contributed by atoms with Gasteiger partial charge in [-0.2, -0.15) is 0 Å². The number of carbonyl (C=O) groups is 1. The van der Waals surface area contributed by atoms with Gasteiger partial charge in [0.25, 0.3) is 5.69 Å². The predicted molar refractivity (Wildman–Crippen MR) is 63.9 cm³/mol. The molecule has 0 unspecified atom stereocenters. The number of nitro groups is 1. The molecule has 1 N–H and O–H groups in total. The first-order chi connectivity index (χ1) is 8.22. The fourth-order valence-electron chi connectivity index (χ4n) is 1.91. The number of carbonyl (C=O) groups excluding carboxylic acids is 1. The Morgan fingerprint density at radius 1 is 1.41 bits per heavy atom. The van der Waals surface area contributed by atoms with Crippen LogP contribution >= 0.6 is 0 Å². The lowest BCUT2D eigenvalue weighted by atomic mass is 9.97. The molecule has 1 aromatic carbocycles. The van der Waals surface area contributed by atoms with E-state index in [0.29, 0.717) is 24.0 Å². The summed E-state index contributed by atoms with van der Waals surface area (Å²) in [7, 11) is 0. The third kappa shape index (κ3) is 2.39. The highest BCUT2D eigenvalue weighted by Crippen LogP contribution is 2.29. The molecule has 88 valence electrons. The Morgan fingerprint density at radius 3 is 2.82 bits per heavy atom. The minimum absolute atomic E-state index is 0.0590.